The predicted octanol–water partition coefficient (Wildman–Crippen LogP) is -0.662. The maximum Gasteiger partial charge on any atom is 0.356 e. The van der Waals surface area contributed by atoms with Crippen LogP contribution >= 0.6 is 7.60 Å². The SMILES string of the molecule is COCC(OC[C@H]1O[C@@H](n2ncc3c(NC4CCCC4)nc(OCCO)nc32)[C@H](O)[C@@H]1O)P(=O)(O)O. The van der Waals surface area contributed by atoms with E-state index in [0.29, 0.717) is 11.2 Å². The van der Waals surface area contributed by atoms with Crippen molar-refractivity contribution < 1.29 is 48.6 Å². The molecule has 2 aliphatic rings. The molecule has 36 heavy (non-hydrogen) atoms. The molecule has 2 fully saturated rings. The van der Waals surface area contributed by atoms with Crippen molar-refractivity contribution in [3.63, 3.8) is 0 Å². The number of hydrogen-bond donors (Lipinski definition) is 6. The van der Waals surface area contributed by atoms with Crippen LogP contribution in [0.4, 0.5) is 5.82 Å². The average Bonchev–Trinajstić information content (AvgIpc) is 3.56. The van der Waals surface area contributed by atoms with Gasteiger partial charge in [-0.25, -0.2) is 4.68 Å². The van der Waals surface area contributed by atoms with E-state index in [4.69, 9.17) is 24.1 Å². The molecule has 3 heterocycles. The van der Waals surface area contributed by atoms with Crippen LogP contribution < -0.4 is 10.1 Å². The zero-order valence-corrected chi connectivity index (χ0v) is 20.6. The minimum absolute atomic E-state index is 0.00392. The molecule has 0 amide bonds. The molecule has 2 aromatic rings. The molecule has 1 aliphatic carbocycles. The van der Waals surface area contributed by atoms with Crippen LogP contribution in [0, 0.1) is 0 Å². The van der Waals surface area contributed by atoms with Crippen molar-refractivity contribution in [2.24, 2.45) is 0 Å². The van der Waals surface area contributed by atoms with E-state index in [1.165, 1.54) is 18.0 Å². The van der Waals surface area contributed by atoms with Crippen LogP contribution in [0.25, 0.3) is 11.0 Å². The van der Waals surface area contributed by atoms with E-state index in [2.05, 4.69) is 20.4 Å². The lowest BCUT2D eigenvalue weighted by Gasteiger charge is -2.21. The second kappa shape index (κ2) is 11.6. The molecule has 0 radical (unpaired) electrons. The summed E-state index contributed by atoms with van der Waals surface area (Å²) < 4.78 is 34.2. The molecule has 0 aromatic carbocycles. The van der Waals surface area contributed by atoms with Crippen LogP contribution in [0.2, 0.25) is 0 Å². The second-order valence-corrected chi connectivity index (χ2v) is 10.5. The summed E-state index contributed by atoms with van der Waals surface area (Å²) in [6, 6.07) is 0.221. The third kappa shape index (κ3) is 5.96. The van der Waals surface area contributed by atoms with Crippen molar-refractivity contribution in [3.8, 4) is 6.01 Å². The summed E-state index contributed by atoms with van der Waals surface area (Å²) in [7, 11) is -3.36. The largest absolute Gasteiger partial charge is 0.461 e. The monoisotopic (exact) mass is 533 g/mol. The van der Waals surface area contributed by atoms with Gasteiger partial charge in [0.25, 0.3) is 0 Å². The van der Waals surface area contributed by atoms with E-state index >= 15 is 0 Å². The van der Waals surface area contributed by atoms with Gasteiger partial charge in [0.2, 0.25) is 0 Å². The maximum atomic E-state index is 11.6. The Kier molecular flexibility index (Phi) is 8.75. The Labute approximate surface area is 206 Å². The number of aliphatic hydroxyl groups is 3. The lowest BCUT2D eigenvalue weighted by Crippen LogP contribution is -2.35. The first kappa shape index (κ1) is 27.1. The maximum absolute atomic E-state index is 11.6. The molecule has 1 saturated carbocycles. The molecule has 2 aromatic heterocycles. The van der Waals surface area contributed by atoms with Crippen LogP contribution in [-0.2, 0) is 18.8 Å². The number of methoxy groups -OCH3 is 1. The molecule has 202 valence electrons. The second-order valence-electron chi connectivity index (χ2n) is 8.76. The Morgan fingerprint density at radius 1 is 1.25 bits per heavy atom. The summed E-state index contributed by atoms with van der Waals surface area (Å²) in [4.78, 5) is 27.6. The van der Waals surface area contributed by atoms with Gasteiger partial charge in [-0.1, -0.05) is 12.8 Å². The zero-order valence-electron chi connectivity index (χ0n) is 19.7. The van der Waals surface area contributed by atoms with E-state index in [1.807, 2.05) is 0 Å². The van der Waals surface area contributed by atoms with Crippen molar-refractivity contribution in [1.29, 1.82) is 0 Å². The third-order valence-corrected chi connectivity index (χ3v) is 7.22. The molecule has 5 atom stereocenters. The van der Waals surface area contributed by atoms with Crippen LogP contribution in [0.15, 0.2) is 6.20 Å². The van der Waals surface area contributed by atoms with Crippen LogP contribution in [0.5, 0.6) is 6.01 Å². The van der Waals surface area contributed by atoms with Gasteiger partial charge in [-0.05, 0) is 12.8 Å². The number of aromatic nitrogens is 4. The highest BCUT2D eigenvalue weighted by atomic mass is 31.2. The number of ether oxygens (including phenoxy) is 4. The summed E-state index contributed by atoms with van der Waals surface area (Å²) in [5.41, 5.74) is 0.267. The molecular formula is C20H32N5O10P. The van der Waals surface area contributed by atoms with Gasteiger partial charge in [-0.3, -0.25) is 4.57 Å². The first-order valence-corrected chi connectivity index (χ1v) is 13.3. The van der Waals surface area contributed by atoms with Crippen molar-refractivity contribution in [2.75, 3.05) is 38.9 Å². The van der Waals surface area contributed by atoms with Gasteiger partial charge in [0, 0.05) is 13.2 Å². The van der Waals surface area contributed by atoms with Gasteiger partial charge < -0.3 is 49.4 Å². The van der Waals surface area contributed by atoms with Crippen LogP contribution in [0.1, 0.15) is 31.9 Å². The summed E-state index contributed by atoms with van der Waals surface area (Å²) in [6.07, 6.45) is 0.535. The molecule has 1 saturated heterocycles. The van der Waals surface area contributed by atoms with E-state index in [1.54, 1.807) is 0 Å². The molecule has 4 rings (SSSR count). The predicted molar refractivity (Wildman–Crippen MR) is 123 cm³/mol. The highest BCUT2D eigenvalue weighted by molar-refractivity contribution is 7.52. The Morgan fingerprint density at radius 3 is 2.67 bits per heavy atom. The van der Waals surface area contributed by atoms with Crippen molar-refractivity contribution in [2.45, 2.75) is 62.1 Å². The standard InChI is InChI=1S/C20H32N5O10P/c1-32-10-14(36(29,30)31)34-9-13-15(27)16(28)19(35-13)25-18-12(8-21-25)17(22-11-4-2-3-5-11)23-20(24-18)33-7-6-26/h8,11,13-16,19,26-28H,2-7,9-10H2,1H3,(H,22,23,24)(H2,29,30,31)/t13-,14?,15-,16-,19-/m1/s1. The highest BCUT2D eigenvalue weighted by Gasteiger charge is 2.46. The van der Waals surface area contributed by atoms with Gasteiger partial charge in [-0.2, -0.15) is 15.1 Å². The lowest BCUT2D eigenvalue weighted by atomic mass is 10.1. The molecule has 0 spiro atoms. The number of nitrogens with one attached hydrogen (secondary N) is 1. The molecule has 1 aliphatic heterocycles. The van der Waals surface area contributed by atoms with Crippen LogP contribution in [-0.4, -0.2) is 109 Å². The minimum Gasteiger partial charge on any atom is -0.461 e. The molecule has 15 nitrogen and oxygen atoms in total. The fourth-order valence-electron chi connectivity index (χ4n) is 4.33. The number of nitrogens with zero attached hydrogens (tertiary/aromatic N) is 4. The van der Waals surface area contributed by atoms with Gasteiger partial charge in [-0.15, -0.1) is 0 Å². The Balaban J connectivity index is 1.57. The smallest absolute Gasteiger partial charge is 0.356 e. The number of rotatable bonds is 12. The van der Waals surface area contributed by atoms with Crippen molar-refractivity contribution in [3.05, 3.63) is 6.20 Å². The topological polar surface area (TPSA) is 211 Å². The number of anilines is 1. The highest BCUT2D eigenvalue weighted by Crippen LogP contribution is 2.42. The van der Waals surface area contributed by atoms with Crippen LogP contribution in [0.3, 0.4) is 0 Å². The first-order chi connectivity index (χ1) is 17.2. The summed E-state index contributed by atoms with van der Waals surface area (Å²) >= 11 is 0. The summed E-state index contributed by atoms with van der Waals surface area (Å²) in [5, 5.41) is 38.6. The van der Waals surface area contributed by atoms with Crippen molar-refractivity contribution >= 4 is 24.4 Å². The Hall–Kier alpha value is -1.94. The van der Waals surface area contributed by atoms with E-state index < -0.39 is 44.6 Å². The van der Waals surface area contributed by atoms with E-state index in [-0.39, 0.29) is 37.5 Å². The Morgan fingerprint density at radius 2 is 2.00 bits per heavy atom. The zero-order chi connectivity index (χ0) is 25.9. The van der Waals surface area contributed by atoms with E-state index in [9.17, 15) is 24.6 Å². The molecule has 6 N–H and O–H groups in total. The molecular weight excluding hydrogens is 501 g/mol. The molecule has 16 heteroatoms. The fourth-order valence-corrected chi connectivity index (χ4v) is 4.95. The van der Waals surface area contributed by atoms with Gasteiger partial charge in [0.05, 0.1) is 31.4 Å². The lowest BCUT2D eigenvalue weighted by molar-refractivity contribution is -0.0826. The van der Waals surface area contributed by atoms with Gasteiger partial charge in [0.15, 0.2) is 17.7 Å². The van der Waals surface area contributed by atoms with Crippen molar-refractivity contribution in [1.82, 2.24) is 19.7 Å². The number of aliphatic hydroxyl groups excluding tert-OH is 3. The minimum atomic E-state index is -4.63. The quantitative estimate of drug-likeness (QED) is 0.187. The average molecular weight is 533 g/mol. The Bertz CT molecular complexity index is 1060. The van der Waals surface area contributed by atoms with E-state index in [0.717, 1.165) is 25.7 Å². The van der Waals surface area contributed by atoms with Gasteiger partial charge >= 0.3 is 13.6 Å². The molecule has 1 unspecified atom stereocenters. The first-order valence-electron chi connectivity index (χ1n) is 11.7. The summed E-state index contributed by atoms with van der Waals surface area (Å²) in [6.45, 7) is -1.04. The summed E-state index contributed by atoms with van der Waals surface area (Å²) in [5.74, 6) is -1.06. The molecule has 0 bridgehead atoms. The normalized spacial score (nSPS) is 26.1. The number of fused-ring (bicyclic) bond motifs is 1. The third-order valence-electron chi connectivity index (χ3n) is 6.17. The van der Waals surface area contributed by atoms with Gasteiger partial charge in [0.1, 0.15) is 30.7 Å². The fraction of sp³-hybridized carbons (Fsp3) is 0.750. The number of hydrogen-bond acceptors (Lipinski definition) is 12.